The molecule has 110 valence electrons. The van der Waals surface area contributed by atoms with Gasteiger partial charge in [0.1, 0.15) is 0 Å². The Bertz CT molecular complexity index is 786. The van der Waals surface area contributed by atoms with Gasteiger partial charge in [-0.3, -0.25) is 4.79 Å². The summed E-state index contributed by atoms with van der Waals surface area (Å²) in [6.07, 6.45) is 1.14. The number of sulfone groups is 1. The Kier molecular flexibility index (Phi) is 4.20. The van der Waals surface area contributed by atoms with E-state index in [1.54, 1.807) is 24.3 Å². The monoisotopic (exact) mass is 324 g/mol. The molecule has 0 spiro atoms. The number of carbonyl (C=O) groups excluding carboxylic acids is 1. The Morgan fingerprint density at radius 1 is 1.14 bits per heavy atom. The molecule has 3 N–H and O–H groups in total. The number of hydrogen-bond acceptors (Lipinski definition) is 4. The maximum Gasteiger partial charge on any atom is 0.250 e. The number of nitrogens with one attached hydrogen (secondary N) is 1. The highest BCUT2D eigenvalue weighted by Gasteiger charge is 2.10. The van der Waals surface area contributed by atoms with Crippen molar-refractivity contribution in [1.82, 2.24) is 0 Å². The molecule has 2 aromatic rings. The van der Waals surface area contributed by atoms with E-state index >= 15 is 0 Å². The number of primary amides is 1. The first kappa shape index (κ1) is 15.3. The Morgan fingerprint density at radius 2 is 1.76 bits per heavy atom. The van der Waals surface area contributed by atoms with Crippen molar-refractivity contribution in [3.8, 4) is 0 Å². The third-order valence-electron chi connectivity index (χ3n) is 2.81. The second-order valence-corrected chi connectivity index (χ2v) is 6.93. The summed E-state index contributed by atoms with van der Waals surface area (Å²) in [5.74, 6) is -0.604. The third-order valence-corrected chi connectivity index (χ3v) is 4.17. The van der Waals surface area contributed by atoms with Crippen LogP contribution in [0.2, 0.25) is 5.02 Å². The molecule has 0 aliphatic rings. The molecule has 1 amide bonds. The minimum Gasteiger partial charge on any atom is -0.366 e. The summed E-state index contributed by atoms with van der Waals surface area (Å²) in [7, 11) is -3.24. The van der Waals surface area contributed by atoms with Crippen LogP contribution < -0.4 is 11.1 Å². The molecule has 0 radical (unpaired) electrons. The maximum absolute atomic E-state index is 11.4. The lowest BCUT2D eigenvalue weighted by Crippen LogP contribution is -2.13. The van der Waals surface area contributed by atoms with Gasteiger partial charge in [-0.1, -0.05) is 11.6 Å². The summed E-state index contributed by atoms with van der Waals surface area (Å²) in [6, 6.07) is 10.9. The number of benzene rings is 2. The third kappa shape index (κ3) is 3.74. The van der Waals surface area contributed by atoms with E-state index in [-0.39, 0.29) is 10.5 Å². The summed E-state index contributed by atoms with van der Waals surface area (Å²) < 4.78 is 22.8. The zero-order chi connectivity index (χ0) is 15.6. The van der Waals surface area contributed by atoms with Crippen molar-refractivity contribution in [2.24, 2.45) is 5.73 Å². The molecule has 0 unspecified atom stereocenters. The fraction of sp³-hybridized carbons (Fsp3) is 0.0714. The number of halogens is 1. The van der Waals surface area contributed by atoms with Gasteiger partial charge in [0.25, 0.3) is 5.91 Å². The normalized spacial score (nSPS) is 11.1. The zero-order valence-corrected chi connectivity index (χ0v) is 12.7. The molecule has 0 fully saturated rings. The molecule has 0 aliphatic heterocycles. The lowest BCUT2D eigenvalue weighted by atomic mass is 10.1. The first-order valence-electron chi connectivity index (χ1n) is 5.94. The number of nitrogens with two attached hydrogens (primary N) is 1. The Balaban J connectivity index is 2.33. The van der Waals surface area contributed by atoms with Gasteiger partial charge in [-0.25, -0.2) is 8.42 Å². The van der Waals surface area contributed by atoms with Gasteiger partial charge < -0.3 is 11.1 Å². The molecular formula is C14H13ClN2O3S. The van der Waals surface area contributed by atoms with E-state index < -0.39 is 15.7 Å². The van der Waals surface area contributed by atoms with Gasteiger partial charge >= 0.3 is 0 Å². The molecule has 21 heavy (non-hydrogen) atoms. The van der Waals surface area contributed by atoms with Crippen LogP contribution in [0.25, 0.3) is 0 Å². The van der Waals surface area contributed by atoms with E-state index in [0.29, 0.717) is 16.4 Å². The molecule has 0 saturated heterocycles. The van der Waals surface area contributed by atoms with E-state index in [1.807, 2.05) is 0 Å². The van der Waals surface area contributed by atoms with Gasteiger partial charge in [-0.05, 0) is 42.5 Å². The second-order valence-electron chi connectivity index (χ2n) is 4.48. The highest BCUT2D eigenvalue weighted by atomic mass is 35.5. The van der Waals surface area contributed by atoms with Gasteiger partial charge in [-0.15, -0.1) is 0 Å². The minimum atomic E-state index is -3.24. The van der Waals surface area contributed by atoms with Crippen LogP contribution in [0.3, 0.4) is 0 Å². The van der Waals surface area contributed by atoms with E-state index in [2.05, 4.69) is 5.32 Å². The van der Waals surface area contributed by atoms with E-state index in [1.165, 1.54) is 18.2 Å². The fourth-order valence-electron chi connectivity index (χ4n) is 1.77. The zero-order valence-electron chi connectivity index (χ0n) is 11.1. The predicted molar refractivity (Wildman–Crippen MR) is 82.8 cm³/mol. The molecular weight excluding hydrogens is 312 g/mol. The van der Waals surface area contributed by atoms with Crippen molar-refractivity contribution in [2.75, 3.05) is 11.6 Å². The molecule has 7 heteroatoms. The topological polar surface area (TPSA) is 89.3 Å². The van der Waals surface area contributed by atoms with Gasteiger partial charge in [0.05, 0.1) is 16.1 Å². The first-order chi connectivity index (χ1) is 9.77. The molecule has 0 bridgehead atoms. The van der Waals surface area contributed by atoms with Crippen LogP contribution in [0.4, 0.5) is 11.4 Å². The smallest absolute Gasteiger partial charge is 0.250 e. The van der Waals surface area contributed by atoms with Crippen LogP contribution in [0, 0.1) is 0 Å². The summed E-state index contributed by atoms with van der Waals surface area (Å²) in [5.41, 5.74) is 6.69. The van der Waals surface area contributed by atoms with Gasteiger partial charge in [0.2, 0.25) is 0 Å². The number of hydrogen-bond donors (Lipinski definition) is 2. The van der Waals surface area contributed by atoms with Crippen LogP contribution in [0.5, 0.6) is 0 Å². The highest BCUT2D eigenvalue weighted by molar-refractivity contribution is 7.90. The lowest BCUT2D eigenvalue weighted by Gasteiger charge is -2.11. The fourth-order valence-corrected chi connectivity index (χ4v) is 2.57. The summed E-state index contributed by atoms with van der Waals surface area (Å²) in [4.78, 5) is 11.6. The predicted octanol–water partition coefficient (Wildman–Crippen LogP) is 2.59. The molecule has 2 rings (SSSR count). The van der Waals surface area contributed by atoms with E-state index in [9.17, 15) is 13.2 Å². The Morgan fingerprint density at radius 3 is 2.29 bits per heavy atom. The highest BCUT2D eigenvalue weighted by Crippen LogP contribution is 2.24. The lowest BCUT2D eigenvalue weighted by molar-refractivity contribution is 0.100. The molecule has 0 atom stereocenters. The van der Waals surface area contributed by atoms with Crippen LogP contribution >= 0.6 is 11.6 Å². The molecule has 0 aromatic heterocycles. The number of carbonyl (C=O) groups is 1. The van der Waals surface area contributed by atoms with Crippen molar-refractivity contribution in [2.45, 2.75) is 4.90 Å². The van der Waals surface area contributed by atoms with Crippen LogP contribution in [-0.4, -0.2) is 20.6 Å². The van der Waals surface area contributed by atoms with Gasteiger partial charge in [-0.2, -0.15) is 0 Å². The SMILES string of the molecule is CS(=O)(=O)c1ccc(Nc2ccc(Cl)cc2C(N)=O)cc1. The van der Waals surface area contributed by atoms with Crippen LogP contribution in [-0.2, 0) is 9.84 Å². The quantitative estimate of drug-likeness (QED) is 0.904. The van der Waals surface area contributed by atoms with E-state index in [4.69, 9.17) is 17.3 Å². The standard InChI is InChI=1S/C14H13ClN2O3S/c1-21(19,20)11-5-3-10(4-6-11)17-13-7-2-9(15)8-12(13)14(16)18/h2-8,17H,1H3,(H2,16,18). The second kappa shape index (κ2) is 5.75. The average Bonchev–Trinajstić information content (AvgIpc) is 2.40. The van der Waals surface area contributed by atoms with Crippen molar-refractivity contribution in [3.05, 3.63) is 53.1 Å². The molecule has 0 heterocycles. The Hall–Kier alpha value is -2.05. The summed E-state index contributed by atoms with van der Waals surface area (Å²) in [5, 5.41) is 3.41. The molecule has 0 saturated carbocycles. The van der Waals surface area contributed by atoms with Crippen molar-refractivity contribution < 1.29 is 13.2 Å². The van der Waals surface area contributed by atoms with Crippen molar-refractivity contribution in [1.29, 1.82) is 0 Å². The summed E-state index contributed by atoms with van der Waals surface area (Å²) in [6.45, 7) is 0. The van der Waals surface area contributed by atoms with Crippen LogP contribution in [0.1, 0.15) is 10.4 Å². The number of amides is 1. The number of anilines is 2. The molecule has 2 aromatic carbocycles. The summed E-state index contributed by atoms with van der Waals surface area (Å²) >= 11 is 5.83. The minimum absolute atomic E-state index is 0.222. The first-order valence-corrected chi connectivity index (χ1v) is 8.21. The van der Waals surface area contributed by atoms with Gasteiger partial charge in [0, 0.05) is 17.0 Å². The largest absolute Gasteiger partial charge is 0.366 e. The van der Waals surface area contributed by atoms with Crippen molar-refractivity contribution >= 4 is 38.7 Å². The molecule has 5 nitrogen and oxygen atoms in total. The maximum atomic E-state index is 11.4. The van der Waals surface area contributed by atoms with Gasteiger partial charge in [0.15, 0.2) is 9.84 Å². The van der Waals surface area contributed by atoms with Crippen molar-refractivity contribution in [3.63, 3.8) is 0 Å². The van der Waals surface area contributed by atoms with E-state index in [0.717, 1.165) is 6.26 Å². The average molecular weight is 325 g/mol. The molecule has 0 aliphatic carbocycles. The Labute approximate surface area is 127 Å². The number of rotatable bonds is 4. The van der Waals surface area contributed by atoms with Crippen LogP contribution in [0.15, 0.2) is 47.4 Å².